The van der Waals surface area contributed by atoms with Gasteiger partial charge in [0.25, 0.3) is 0 Å². The molecule has 1 aromatic heterocycles. The van der Waals surface area contributed by atoms with Crippen LogP contribution in [-0.2, 0) is 0 Å². The minimum absolute atomic E-state index is 0.275. The molecule has 4 aromatic rings. The standard InChI is InChI=1S/C28H26N4O3S/c1-16-10-12-20-19(14-16)24-23(26(35-20)17-8-6-5-7-9-17)25(32-27(29-24)30-28(31-32)36-4)18-11-13-21(33-2)22(15-18)34-3/h5-15,25-26H,1-4H3,(H,29,30,31)/t25-,26+/m0/s1. The van der Waals surface area contributed by atoms with Gasteiger partial charge in [0.15, 0.2) is 11.5 Å². The number of methoxy groups -OCH3 is 2. The number of hydrogen-bond acceptors (Lipinski definition) is 7. The van der Waals surface area contributed by atoms with Crippen molar-refractivity contribution in [2.45, 2.75) is 24.2 Å². The molecule has 3 aromatic carbocycles. The Morgan fingerprint density at radius 1 is 0.944 bits per heavy atom. The Bertz CT molecular complexity index is 1480. The van der Waals surface area contributed by atoms with Crippen LogP contribution in [0, 0.1) is 6.92 Å². The fraction of sp³-hybridized carbons (Fsp3) is 0.214. The van der Waals surface area contributed by atoms with E-state index in [0.717, 1.165) is 39.3 Å². The van der Waals surface area contributed by atoms with Crippen molar-refractivity contribution >= 4 is 23.4 Å². The fourth-order valence-electron chi connectivity index (χ4n) is 4.96. The fourth-order valence-corrected chi connectivity index (χ4v) is 5.30. The van der Waals surface area contributed by atoms with Crippen molar-refractivity contribution in [3.63, 3.8) is 0 Å². The third-order valence-electron chi connectivity index (χ3n) is 6.62. The monoisotopic (exact) mass is 498 g/mol. The quantitative estimate of drug-likeness (QED) is 0.344. The highest BCUT2D eigenvalue weighted by molar-refractivity contribution is 7.98. The molecule has 1 N–H and O–H groups in total. The zero-order valence-electron chi connectivity index (χ0n) is 20.5. The van der Waals surface area contributed by atoms with E-state index in [-0.39, 0.29) is 12.1 Å². The molecule has 3 heterocycles. The normalized spacial score (nSPS) is 17.9. The second kappa shape index (κ2) is 8.95. The van der Waals surface area contributed by atoms with Crippen molar-refractivity contribution in [1.29, 1.82) is 0 Å². The van der Waals surface area contributed by atoms with Crippen LogP contribution in [0.15, 0.2) is 77.5 Å². The first-order chi connectivity index (χ1) is 17.6. The Hall–Kier alpha value is -3.91. The molecule has 8 heteroatoms. The third kappa shape index (κ3) is 3.60. The molecular formula is C28H26N4O3S. The number of rotatable bonds is 5. The minimum Gasteiger partial charge on any atom is -0.493 e. The molecule has 6 rings (SSSR count). The van der Waals surface area contributed by atoms with Crippen LogP contribution in [0.25, 0.3) is 5.70 Å². The molecule has 7 nitrogen and oxygen atoms in total. The van der Waals surface area contributed by atoms with Gasteiger partial charge in [-0.25, -0.2) is 4.68 Å². The summed E-state index contributed by atoms with van der Waals surface area (Å²) in [7, 11) is 3.29. The van der Waals surface area contributed by atoms with Crippen molar-refractivity contribution in [2.75, 3.05) is 25.8 Å². The van der Waals surface area contributed by atoms with Gasteiger partial charge in [-0.2, -0.15) is 4.98 Å². The summed E-state index contributed by atoms with van der Waals surface area (Å²) in [6, 6.07) is 22.3. The van der Waals surface area contributed by atoms with Gasteiger partial charge < -0.3 is 19.5 Å². The van der Waals surface area contributed by atoms with Gasteiger partial charge in [0.1, 0.15) is 17.9 Å². The molecular weight excluding hydrogens is 472 g/mol. The van der Waals surface area contributed by atoms with E-state index in [1.165, 1.54) is 11.8 Å². The number of ether oxygens (including phenoxy) is 3. The van der Waals surface area contributed by atoms with Crippen molar-refractivity contribution in [3.05, 3.63) is 94.6 Å². The zero-order chi connectivity index (χ0) is 24.8. The van der Waals surface area contributed by atoms with Crippen LogP contribution in [0.4, 0.5) is 5.95 Å². The lowest BCUT2D eigenvalue weighted by Crippen LogP contribution is -2.32. The number of fused-ring (bicyclic) bond motifs is 3. The van der Waals surface area contributed by atoms with E-state index in [9.17, 15) is 0 Å². The summed E-state index contributed by atoms with van der Waals surface area (Å²) in [5, 5.41) is 9.17. The van der Waals surface area contributed by atoms with Gasteiger partial charge in [-0.3, -0.25) is 0 Å². The van der Waals surface area contributed by atoms with Crippen molar-refractivity contribution < 1.29 is 14.2 Å². The van der Waals surface area contributed by atoms with Gasteiger partial charge in [-0.1, -0.05) is 59.8 Å². The molecule has 0 saturated carbocycles. The Kier molecular flexibility index (Phi) is 5.60. The van der Waals surface area contributed by atoms with Gasteiger partial charge in [0.05, 0.1) is 19.9 Å². The lowest BCUT2D eigenvalue weighted by atomic mass is 9.84. The number of anilines is 1. The molecule has 0 fully saturated rings. The molecule has 0 bridgehead atoms. The summed E-state index contributed by atoms with van der Waals surface area (Å²) in [4.78, 5) is 4.78. The largest absolute Gasteiger partial charge is 0.493 e. The number of nitrogens with one attached hydrogen (secondary N) is 1. The summed E-state index contributed by atoms with van der Waals surface area (Å²) in [5.74, 6) is 2.86. The first kappa shape index (κ1) is 22.5. The summed E-state index contributed by atoms with van der Waals surface area (Å²) in [6.07, 6.45) is 1.66. The Morgan fingerprint density at radius 2 is 1.75 bits per heavy atom. The van der Waals surface area contributed by atoms with E-state index >= 15 is 0 Å². The number of aryl methyl sites for hydroxylation is 1. The van der Waals surface area contributed by atoms with Crippen LogP contribution in [0.2, 0.25) is 0 Å². The van der Waals surface area contributed by atoms with Crippen LogP contribution in [0.1, 0.15) is 34.4 Å². The topological polar surface area (TPSA) is 70.4 Å². The maximum atomic E-state index is 6.72. The second-order valence-corrected chi connectivity index (χ2v) is 9.52. The summed E-state index contributed by atoms with van der Waals surface area (Å²) >= 11 is 1.51. The average Bonchev–Trinajstić information content (AvgIpc) is 3.34. The van der Waals surface area contributed by atoms with Gasteiger partial charge in [-0.05, 0) is 48.6 Å². The number of aromatic nitrogens is 3. The Morgan fingerprint density at radius 3 is 2.50 bits per heavy atom. The maximum absolute atomic E-state index is 6.72. The minimum atomic E-state index is -0.322. The van der Waals surface area contributed by atoms with Gasteiger partial charge in [0, 0.05) is 11.1 Å². The van der Waals surface area contributed by atoms with Gasteiger partial charge in [0.2, 0.25) is 11.1 Å². The van der Waals surface area contributed by atoms with Crippen LogP contribution >= 0.6 is 11.8 Å². The highest BCUT2D eigenvalue weighted by atomic mass is 32.2. The second-order valence-electron chi connectivity index (χ2n) is 8.75. The zero-order valence-corrected chi connectivity index (χ0v) is 21.3. The van der Waals surface area contributed by atoms with E-state index in [0.29, 0.717) is 22.6 Å². The van der Waals surface area contributed by atoms with E-state index < -0.39 is 0 Å². The molecule has 0 radical (unpaired) electrons. The number of benzene rings is 3. The predicted molar refractivity (Wildman–Crippen MR) is 141 cm³/mol. The smallest absolute Gasteiger partial charge is 0.227 e. The van der Waals surface area contributed by atoms with E-state index in [1.807, 2.05) is 47.3 Å². The summed E-state index contributed by atoms with van der Waals surface area (Å²) in [5.41, 5.74) is 6.31. The molecule has 2 atom stereocenters. The molecule has 182 valence electrons. The van der Waals surface area contributed by atoms with Gasteiger partial charge in [-0.15, -0.1) is 5.10 Å². The molecule has 0 amide bonds. The van der Waals surface area contributed by atoms with Crippen molar-refractivity contribution in [1.82, 2.24) is 14.8 Å². The van der Waals surface area contributed by atoms with Crippen LogP contribution in [0.3, 0.4) is 0 Å². The van der Waals surface area contributed by atoms with Crippen LogP contribution in [-0.4, -0.2) is 35.2 Å². The number of thioether (sulfide) groups is 1. The summed E-state index contributed by atoms with van der Waals surface area (Å²) < 4.78 is 19.9. The first-order valence-electron chi connectivity index (χ1n) is 11.7. The Labute approximate surface area is 214 Å². The van der Waals surface area contributed by atoms with Crippen molar-refractivity contribution in [2.24, 2.45) is 0 Å². The average molecular weight is 499 g/mol. The highest BCUT2D eigenvalue weighted by Gasteiger charge is 2.41. The van der Waals surface area contributed by atoms with E-state index in [4.69, 9.17) is 24.3 Å². The lowest BCUT2D eigenvalue weighted by molar-refractivity contribution is 0.222. The number of hydrogen-bond donors (Lipinski definition) is 1. The van der Waals surface area contributed by atoms with E-state index in [1.54, 1.807) is 14.2 Å². The summed E-state index contributed by atoms with van der Waals surface area (Å²) in [6.45, 7) is 2.09. The predicted octanol–water partition coefficient (Wildman–Crippen LogP) is 5.89. The molecule has 2 aliphatic rings. The highest BCUT2D eigenvalue weighted by Crippen LogP contribution is 2.51. The molecule has 0 unspecified atom stereocenters. The first-order valence-corrected chi connectivity index (χ1v) is 12.9. The van der Waals surface area contributed by atoms with Crippen LogP contribution in [0.5, 0.6) is 17.2 Å². The maximum Gasteiger partial charge on any atom is 0.227 e. The van der Waals surface area contributed by atoms with Crippen molar-refractivity contribution in [3.8, 4) is 17.2 Å². The Balaban J connectivity index is 1.64. The lowest BCUT2D eigenvalue weighted by Gasteiger charge is -2.39. The molecule has 0 saturated heterocycles. The van der Waals surface area contributed by atoms with Crippen LogP contribution < -0.4 is 19.5 Å². The number of nitrogens with zero attached hydrogens (tertiary/aromatic N) is 3. The SMILES string of the molecule is COc1ccc([C@H]2C3=C(Nc4nc(SC)nn42)c2cc(C)ccc2O[C@@H]3c2ccccc2)cc1OC. The molecule has 0 aliphatic carbocycles. The van der Waals surface area contributed by atoms with Gasteiger partial charge >= 0.3 is 0 Å². The molecule has 36 heavy (non-hydrogen) atoms. The molecule has 0 spiro atoms. The van der Waals surface area contributed by atoms with E-state index in [2.05, 4.69) is 42.6 Å². The third-order valence-corrected chi connectivity index (χ3v) is 7.15. The molecule has 2 aliphatic heterocycles.